The first-order valence-electron chi connectivity index (χ1n) is 5.66. The Labute approximate surface area is 123 Å². The predicted octanol–water partition coefficient (Wildman–Crippen LogP) is 1.15. The lowest BCUT2D eigenvalue weighted by molar-refractivity contribution is -0.387. The maximum absolute atomic E-state index is 11.0. The lowest BCUT2D eigenvalue weighted by Crippen LogP contribution is -2.41. The molecule has 0 saturated carbocycles. The number of amides is 1. The van der Waals surface area contributed by atoms with E-state index in [2.05, 4.69) is 5.32 Å². The Balaban J connectivity index is 2.95. The SMILES string of the molecule is CC(=O)N[C@@H](CSc1cc(C#N)ccc1[N+](=O)[O-])C(=O)O. The molecule has 0 spiro atoms. The zero-order valence-corrected chi connectivity index (χ0v) is 11.7. The van der Waals surface area contributed by atoms with Gasteiger partial charge < -0.3 is 10.4 Å². The smallest absolute Gasteiger partial charge is 0.327 e. The molecule has 0 radical (unpaired) electrons. The summed E-state index contributed by atoms with van der Waals surface area (Å²) in [6.07, 6.45) is 0. The summed E-state index contributed by atoms with van der Waals surface area (Å²) in [7, 11) is 0. The number of benzene rings is 1. The summed E-state index contributed by atoms with van der Waals surface area (Å²) in [4.78, 5) is 32.4. The molecule has 1 amide bonds. The molecule has 8 nitrogen and oxygen atoms in total. The number of carboxylic acid groups (broad SMARTS) is 1. The molecular formula is C12H11N3O5S. The maximum Gasteiger partial charge on any atom is 0.327 e. The zero-order chi connectivity index (χ0) is 16.0. The molecule has 21 heavy (non-hydrogen) atoms. The molecule has 0 unspecified atom stereocenters. The Morgan fingerprint density at radius 2 is 2.24 bits per heavy atom. The minimum atomic E-state index is -1.24. The van der Waals surface area contributed by atoms with E-state index < -0.39 is 22.8 Å². The molecule has 9 heteroatoms. The summed E-state index contributed by atoms with van der Waals surface area (Å²) in [5.41, 5.74) is 0.0143. The van der Waals surface area contributed by atoms with Gasteiger partial charge in [-0.1, -0.05) is 0 Å². The number of nitro benzene ring substituents is 1. The van der Waals surface area contributed by atoms with Crippen molar-refractivity contribution in [3.05, 3.63) is 33.9 Å². The predicted molar refractivity (Wildman–Crippen MR) is 73.8 cm³/mol. The summed E-state index contributed by atoms with van der Waals surface area (Å²) in [6, 6.07) is 4.50. The van der Waals surface area contributed by atoms with Gasteiger partial charge in [0.1, 0.15) is 6.04 Å². The Morgan fingerprint density at radius 1 is 1.57 bits per heavy atom. The van der Waals surface area contributed by atoms with Crippen molar-refractivity contribution in [1.82, 2.24) is 5.32 Å². The molecule has 0 aliphatic rings. The number of hydrogen-bond donors (Lipinski definition) is 2. The van der Waals surface area contributed by atoms with E-state index in [9.17, 15) is 19.7 Å². The minimum absolute atomic E-state index is 0.0926. The number of carbonyl (C=O) groups excluding carboxylic acids is 1. The average Bonchev–Trinajstić information content (AvgIpc) is 2.42. The van der Waals surface area contributed by atoms with Crippen molar-refractivity contribution in [3.8, 4) is 6.07 Å². The van der Waals surface area contributed by atoms with E-state index in [1.807, 2.05) is 6.07 Å². The van der Waals surface area contributed by atoms with E-state index in [4.69, 9.17) is 10.4 Å². The molecule has 0 aromatic heterocycles. The van der Waals surface area contributed by atoms with Crippen molar-refractivity contribution in [2.45, 2.75) is 17.9 Å². The van der Waals surface area contributed by atoms with Crippen LogP contribution < -0.4 is 5.32 Å². The second kappa shape index (κ2) is 7.25. The van der Waals surface area contributed by atoms with Gasteiger partial charge >= 0.3 is 5.97 Å². The molecule has 0 aliphatic heterocycles. The highest BCUT2D eigenvalue weighted by Crippen LogP contribution is 2.30. The van der Waals surface area contributed by atoms with E-state index >= 15 is 0 Å². The lowest BCUT2D eigenvalue weighted by Gasteiger charge is -2.12. The van der Waals surface area contributed by atoms with E-state index in [0.717, 1.165) is 11.8 Å². The van der Waals surface area contributed by atoms with Gasteiger partial charge in [0, 0.05) is 18.7 Å². The summed E-state index contributed by atoms with van der Waals surface area (Å²) < 4.78 is 0. The summed E-state index contributed by atoms with van der Waals surface area (Å²) in [5.74, 6) is -1.84. The average molecular weight is 309 g/mol. The minimum Gasteiger partial charge on any atom is -0.480 e. The molecule has 1 aromatic carbocycles. The monoisotopic (exact) mass is 309 g/mol. The Bertz CT molecular complexity index is 626. The molecule has 1 atom stereocenters. The highest BCUT2D eigenvalue weighted by Gasteiger charge is 2.21. The first kappa shape index (κ1) is 16.5. The summed E-state index contributed by atoms with van der Waals surface area (Å²) in [5, 5.41) is 30.9. The van der Waals surface area contributed by atoms with E-state index in [0.29, 0.717) is 0 Å². The number of nitro groups is 1. The fraction of sp³-hybridized carbons (Fsp3) is 0.250. The lowest BCUT2D eigenvalue weighted by atomic mass is 10.2. The third-order valence-corrected chi connectivity index (χ3v) is 3.50. The van der Waals surface area contributed by atoms with Crippen LogP contribution in [0.25, 0.3) is 0 Å². The third kappa shape index (κ3) is 4.77. The Kier molecular flexibility index (Phi) is 5.68. The number of carbonyl (C=O) groups is 2. The van der Waals surface area contributed by atoms with Crippen LogP contribution in [0.3, 0.4) is 0 Å². The molecule has 2 N–H and O–H groups in total. The molecule has 0 fully saturated rings. The standard InChI is InChI=1S/C12H11N3O5S/c1-7(16)14-9(12(17)18)6-21-11-4-8(5-13)2-3-10(11)15(19)20/h2-4,9H,6H2,1H3,(H,14,16)(H,17,18)/t9-/m0/s1. The highest BCUT2D eigenvalue weighted by atomic mass is 32.2. The van der Waals surface area contributed by atoms with Gasteiger partial charge in [-0.2, -0.15) is 5.26 Å². The topological polar surface area (TPSA) is 133 Å². The van der Waals surface area contributed by atoms with Gasteiger partial charge in [0.2, 0.25) is 5.91 Å². The first-order valence-corrected chi connectivity index (χ1v) is 6.65. The number of aliphatic carboxylic acids is 1. The first-order chi connectivity index (χ1) is 9.85. The number of nitrogens with zero attached hydrogens (tertiary/aromatic N) is 2. The third-order valence-electron chi connectivity index (χ3n) is 2.37. The summed E-state index contributed by atoms with van der Waals surface area (Å²) in [6.45, 7) is 1.18. The van der Waals surface area contributed by atoms with Crippen LogP contribution in [0.5, 0.6) is 0 Å². The van der Waals surface area contributed by atoms with E-state index in [1.54, 1.807) is 0 Å². The molecule has 1 aromatic rings. The van der Waals surface area contributed by atoms with Crippen LogP contribution in [0, 0.1) is 21.4 Å². The number of carboxylic acids is 1. The van der Waals surface area contributed by atoms with Crippen LogP contribution in [0.15, 0.2) is 23.1 Å². The molecule has 0 heterocycles. The second-order valence-electron chi connectivity index (χ2n) is 3.95. The number of hydrogen-bond acceptors (Lipinski definition) is 6. The van der Waals surface area contributed by atoms with Crippen LogP contribution in [0.2, 0.25) is 0 Å². The van der Waals surface area contributed by atoms with Crippen LogP contribution >= 0.6 is 11.8 Å². The van der Waals surface area contributed by atoms with Crippen molar-refractivity contribution in [3.63, 3.8) is 0 Å². The molecule has 0 bridgehead atoms. The summed E-state index contributed by atoms with van der Waals surface area (Å²) >= 11 is 0.895. The molecule has 1 rings (SSSR count). The van der Waals surface area contributed by atoms with Gasteiger partial charge in [-0.05, 0) is 12.1 Å². The van der Waals surface area contributed by atoms with Crippen LogP contribution in [0.1, 0.15) is 12.5 Å². The number of nitrogens with one attached hydrogen (secondary N) is 1. The molecular weight excluding hydrogens is 298 g/mol. The van der Waals surface area contributed by atoms with Crippen LogP contribution in [0.4, 0.5) is 5.69 Å². The molecule has 0 aliphatic carbocycles. The number of thioether (sulfide) groups is 1. The van der Waals surface area contributed by atoms with Crippen molar-refractivity contribution < 1.29 is 19.6 Å². The van der Waals surface area contributed by atoms with Gasteiger partial charge in [-0.15, -0.1) is 11.8 Å². The van der Waals surface area contributed by atoms with Crippen molar-refractivity contribution in [2.75, 3.05) is 5.75 Å². The number of rotatable bonds is 6. The molecule has 110 valence electrons. The maximum atomic E-state index is 11.0. The van der Waals surface area contributed by atoms with Gasteiger partial charge in [0.05, 0.1) is 21.5 Å². The van der Waals surface area contributed by atoms with Crippen molar-refractivity contribution >= 4 is 29.3 Å². The second-order valence-corrected chi connectivity index (χ2v) is 5.02. The van der Waals surface area contributed by atoms with Gasteiger partial charge in [0.15, 0.2) is 0 Å². The quantitative estimate of drug-likeness (QED) is 0.457. The van der Waals surface area contributed by atoms with Gasteiger partial charge in [-0.25, -0.2) is 4.79 Å². The molecule has 0 saturated heterocycles. The fourth-order valence-corrected chi connectivity index (χ4v) is 2.52. The largest absolute Gasteiger partial charge is 0.480 e. The van der Waals surface area contributed by atoms with Crippen LogP contribution in [-0.4, -0.2) is 33.7 Å². The van der Waals surface area contributed by atoms with Crippen molar-refractivity contribution in [1.29, 1.82) is 5.26 Å². The highest BCUT2D eigenvalue weighted by molar-refractivity contribution is 7.99. The van der Waals surface area contributed by atoms with Gasteiger partial charge in [-0.3, -0.25) is 14.9 Å². The normalized spacial score (nSPS) is 11.2. The van der Waals surface area contributed by atoms with E-state index in [1.165, 1.54) is 25.1 Å². The Hall–Kier alpha value is -2.60. The van der Waals surface area contributed by atoms with E-state index in [-0.39, 0.29) is 21.9 Å². The zero-order valence-electron chi connectivity index (χ0n) is 10.9. The Morgan fingerprint density at radius 3 is 2.71 bits per heavy atom. The fourth-order valence-electron chi connectivity index (χ4n) is 1.44. The van der Waals surface area contributed by atoms with Crippen LogP contribution in [-0.2, 0) is 9.59 Å². The van der Waals surface area contributed by atoms with Gasteiger partial charge in [0.25, 0.3) is 5.69 Å². The number of nitriles is 1. The van der Waals surface area contributed by atoms with Crippen molar-refractivity contribution in [2.24, 2.45) is 0 Å².